The summed E-state index contributed by atoms with van der Waals surface area (Å²) in [6.07, 6.45) is 4.54. The Balaban J connectivity index is 1.79. The third-order valence-electron chi connectivity index (χ3n) is 3.50. The van der Waals surface area contributed by atoms with Gasteiger partial charge in [-0.1, -0.05) is 13.8 Å². The lowest BCUT2D eigenvalue weighted by atomic mass is 9.95. The van der Waals surface area contributed by atoms with Gasteiger partial charge in [0, 0.05) is 0 Å². The smallest absolute Gasteiger partial charge is 0.237 e. The second kappa shape index (κ2) is 4.72. The fourth-order valence-corrected chi connectivity index (χ4v) is 2.69. The molecule has 2 aliphatic rings. The van der Waals surface area contributed by atoms with E-state index >= 15 is 0 Å². The molecule has 0 saturated carbocycles. The number of ether oxygens (including phenoxy) is 1. The lowest BCUT2D eigenvalue weighted by molar-refractivity contribution is -0.123. The van der Waals surface area contributed by atoms with E-state index in [1.807, 2.05) is 0 Å². The zero-order valence-electron chi connectivity index (χ0n) is 10.1. The Bertz CT molecular complexity index is 268. The number of rotatable bonds is 4. The number of carbonyl (C=O) groups is 1. The van der Waals surface area contributed by atoms with E-state index in [2.05, 4.69) is 19.2 Å². The molecule has 0 spiro atoms. The van der Waals surface area contributed by atoms with Crippen LogP contribution in [0.5, 0.6) is 0 Å². The fourth-order valence-electron chi connectivity index (χ4n) is 2.69. The lowest BCUT2D eigenvalue weighted by Crippen LogP contribution is -2.49. The molecule has 2 saturated heterocycles. The average molecular weight is 226 g/mol. The quantitative estimate of drug-likeness (QED) is 0.745. The molecule has 1 amide bonds. The van der Waals surface area contributed by atoms with Gasteiger partial charge in [-0.15, -0.1) is 0 Å². The molecule has 4 nitrogen and oxygen atoms in total. The summed E-state index contributed by atoms with van der Waals surface area (Å²) >= 11 is 0. The van der Waals surface area contributed by atoms with Gasteiger partial charge in [-0.3, -0.25) is 4.79 Å². The normalized spacial score (nSPS) is 34.4. The molecule has 2 aliphatic heterocycles. The Labute approximate surface area is 96.9 Å². The Morgan fingerprint density at radius 2 is 2.25 bits per heavy atom. The van der Waals surface area contributed by atoms with Gasteiger partial charge in [0.05, 0.1) is 24.3 Å². The summed E-state index contributed by atoms with van der Waals surface area (Å²) in [4.78, 5) is 11.8. The molecule has 16 heavy (non-hydrogen) atoms. The van der Waals surface area contributed by atoms with Crippen LogP contribution < -0.4 is 11.1 Å². The zero-order chi connectivity index (χ0) is 11.7. The van der Waals surface area contributed by atoms with Crippen molar-refractivity contribution in [2.75, 3.05) is 0 Å². The Morgan fingerprint density at radius 3 is 2.75 bits per heavy atom. The van der Waals surface area contributed by atoms with E-state index in [1.165, 1.54) is 0 Å². The summed E-state index contributed by atoms with van der Waals surface area (Å²) in [5, 5.41) is 3.03. The first-order valence-corrected chi connectivity index (χ1v) is 6.27. The maximum Gasteiger partial charge on any atom is 0.237 e. The standard InChI is InChI=1S/C12H22N2O2/c1-7(2)5-9(13)12(15)14-10-6-8-3-4-11(10)16-8/h7-11H,3-6,13H2,1-2H3,(H,14,15). The van der Waals surface area contributed by atoms with Gasteiger partial charge in [-0.05, 0) is 31.6 Å². The van der Waals surface area contributed by atoms with Gasteiger partial charge in [-0.25, -0.2) is 0 Å². The third-order valence-corrected chi connectivity index (χ3v) is 3.50. The highest BCUT2D eigenvalue weighted by Crippen LogP contribution is 2.34. The number of hydrogen-bond acceptors (Lipinski definition) is 3. The van der Waals surface area contributed by atoms with Crippen molar-refractivity contribution in [3.05, 3.63) is 0 Å². The van der Waals surface area contributed by atoms with Gasteiger partial charge in [0.2, 0.25) is 5.91 Å². The highest BCUT2D eigenvalue weighted by molar-refractivity contribution is 5.81. The summed E-state index contributed by atoms with van der Waals surface area (Å²) in [5.41, 5.74) is 5.84. The number of fused-ring (bicyclic) bond motifs is 2. The van der Waals surface area contributed by atoms with E-state index in [1.54, 1.807) is 0 Å². The topological polar surface area (TPSA) is 64.4 Å². The predicted molar refractivity (Wildman–Crippen MR) is 61.9 cm³/mol. The van der Waals surface area contributed by atoms with Gasteiger partial charge in [0.15, 0.2) is 0 Å². The fraction of sp³-hybridized carbons (Fsp3) is 0.917. The van der Waals surface area contributed by atoms with Crippen LogP contribution in [0.15, 0.2) is 0 Å². The van der Waals surface area contributed by atoms with E-state index < -0.39 is 0 Å². The van der Waals surface area contributed by atoms with E-state index in [4.69, 9.17) is 10.5 Å². The second-order valence-corrected chi connectivity index (χ2v) is 5.46. The minimum atomic E-state index is -0.376. The molecule has 4 unspecified atom stereocenters. The number of nitrogens with one attached hydrogen (secondary N) is 1. The molecule has 2 bridgehead atoms. The van der Waals surface area contributed by atoms with Crippen molar-refractivity contribution in [3.63, 3.8) is 0 Å². The molecule has 0 aromatic carbocycles. The number of nitrogens with two attached hydrogens (primary N) is 1. The van der Waals surface area contributed by atoms with Crippen molar-refractivity contribution in [2.24, 2.45) is 11.7 Å². The van der Waals surface area contributed by atoms with Crippen molar-refractivity contribution in [1.29, 1.82) is 0 Å². The van der Waals surface area contributed by atoms with Crippen molar-refractivity contribution >= 4 is 5.91 Å². The van der Waals surface area contributed by atoms with Crippen molar-refractivity contribution in [1.82, 2.24) is 5.32 Å². The molecule has 4 heteroatoms. The highest BCUT2D eigenvalue weighted by Gasteiger charge is 2.41. The van der Waals surface area contributed by atoms with Crippen LogP contribution in [0.25, 0.3) is 0 Å². The van der Waals surface area contributed by atoms with E-state index in [0.717, 1.165) is 25.7 Å². The van der Waals surface area contributed by atoms with Crippen LogP contribution in [-0.2, 0) is 9.53 Å². The van der Waals surface area contributed by atoms with Crippen LogP contribution in [0, 0.1) is 5.92 Å². The van der Waals surface area contributed by atoms with Crippen molar-refractivity contribution in [2.45, 2.75) is 63.8 Å². The molecule has 2 heterocycles. The van der Waals surface area contributed by atoms with Gasteiger partial charge in [0.25, 0.3) is 0 Å². The maximum atomic E-state index is 11.8. The summed E-state index contributed by atoms with van der Waals surface area (Å²) < 4.78 is 5.69. The number of carbonyl (C=O) groups excluding carboxylic acids is 1. The van der Waals surface area contributed by atoms with Crippen LogP contribution in [0.2, 0.25) is 0 Å². The number of hydrogen-bond donors (Lipinski definition) is 2. The SMILES string of the molecule is CC(C)CC(N)C(=O)NC1CC2CCC1O2. The largest absolute Gasteiger partial charge is 0.373 e. The first-order valence-electron chi connectivity index (χ1n) is 6.27. The Hall–Kier alpha value is -0.610. The molecule has 0 aromatic heterocycles. The Morgan fingerprint density at radius 1 is 1.50 bits per heavy atom. The van der Waals surface area contributed by atoms with Crippen molar-refractivity contribution in [3.8, 4) is 0 Å². The third kappa shape index (κ3) is 2.55. The molecule has 92 valence electrons. The van der Waals surface area contributed by atoms with Crippen LogP contribution in [-0.4, -0.2) is 30.2 Å². The van der Waals surface area contributed by atoms with Crippen molar-refractivity contribution < 1.29 is 9.53 Å². The zero-order valence-corrected chi connectivity index (χ0v) is 10.1. The molecule has 0 aromatic rings. The van der Waals surface area contributed by atoms with Gasteiger partial charge in [-0.2, -0.15) is 0 Å². The summed E-state index contributed by atoms with van der Waals surface area (Å²) in [6.45, 7) is 4.15. The summed E-state index contributed by atoms with van der Waals surface area (Å²) in [5.74, 6) is 0.437. The van der Waals surface area contributed by atoms with E-state index in [-0.39, 0.29) is 24.1 Å². The Kier molecular flexibility index (Phi) is 3.50. The van der Waals surface area contributed by atoms with Gasteiger partial charge < -0.3 is 15.8 Å². The molecule has 2 fully saturated rings. The first kappa shape index (κ1) is 11.9. The minimum Gasteiger partial charge on any atom is -0.373 e. The molecule has 3 N–H and O–H groups in total. The minimum absolute atomic E-state index is 0.0187. The second-order valence-electron chi connectivity index (χ2n) is 5.46. The monoisotopic (exact) mass is 226 g/mol. The van der Waals surface area contributed by atoms with Gasteiger partial charge >= 0.3 is 0 Å². The average Bonchev–Trinajstić information content (AvgIpc) is 2.77. The first-order chi connectivity index (χ1) is 7.56. The molecule has 4 atom stereocenters. The van der Waals surface area contributed by atoms with Gasteiger partial charge in [0.1, 0.15) is 0 Å². The van der Waals surface area contributed by atoms with Crippen LogP contribution >= 0.6 is 0 Å². The molecular weight excluding hydrogens is 204 g/mol. The summed E-state index contributed by atoms with van der Waals surface area (Å²) in [7, 11) is 0. The number of amides is 1. The summed E-state index contributed by atoms with van der Waals surface area (Å²) in [6, 6.07) is -0.177. The predicted octanol–water partition coefficient (Wildman–Crippen LogP) is 0.796. The van der Waals surface area contributed by atoms with Crippen LogP contribution in [0.3, 0.4) is 0 Å². The van der Waals surface area contributed by atoms with E-state index in [0.29, 0.717) is 12.0 Å². The molecular formula is C12H22N2O2. The van der Waals surface area contributed by atoms with Crippen LogP contribution in [0.4, 0.5) is 0 Å². The van der Waals surface area contributed by atoms with E-state index in [9.17, 15) is 4.79 Å². The molecule has 0 radical (unpaired) electrons. The lowest BCUT2D eigenvalue weighted by Gasteiger charge is -2.22. The van der Waals surface area contributed by atoms with Crippen LogP contribution in [0.1, 0.15) is 39.5 Å². The molecule has 0 aliphatic carbocycles. The molecule has 2 rings (SSSR count). The highest BCUT2D eigenvalue weighted by atomic mass is 16.5. The maximum absolute atomic E-state index is 11.8.